The van der Waals surface area contributed by atoms with Crippen LogP contribution in [-0.4, -0.2) is 28.4 Å². The largest absolute Gasteiger partial charge is 0.481 e. The van der Waals surface area contributed by atoms with Crippen molar-refractivity contribution in [2.45, 2.75) is 39.7 Å². The van der Waals surface area contributed by atoms with Gasteiger partial charge in [0.05, 0.1) is 6.42 Å². The fourth-order valence-corrected chi connectivity index (χ4v) is 1.94. The van der Waals surface area contributed by atoms with Crippen molar-refractivity contribution in [3.05, 3.63) is 35.9 Å². The quantitative estimate of drug-likeness (QED) is 0.795. The average Bonchev–Trinajstić information content (AvgIpc) is 2.44. The standard InChI is InChI=1S/C16H23NO3/c1-3-13(2)11-17(15(18)9-10-16(19)20)12-14-7-5-4-6-8-14/h4-8,13H,3,9-12H2,1-2H3,(H,19,20). The van der Waals surface area contributed by atoms with Crippen molar-refractivity contribution in [3.8, 4) is 0 Å². The molecule has 0 aliphatic rings. The Morgan fingerprint density at radius 2 is 1.85 bits per heavy atom. The van der Waals surface area contributed by atoms with Crippen LogP contribution >= 0.6 is 0 Å². The van der Waals surface area contributed by atoms with Gasteiger partial charge in [0.2, 0.25) is 5.91 Å². The van der Waals surface area contributed by atoms with Gasteiger partial charge in [0.25, 0.3) is 0 Å². The normalized spacial score (nSPS) is 11.9. The molecule has 0 aromatic heterocycles. The maximum Gasteiger partial charge on any atom is 0.303 e. The first kappa shape index (κ1) is 16.2. The number of carboxylic acid groups (broad SMARTS) is 1. The molecule has 0 spiro atoms. The molecule has 1 rings (SSSR count). The molecule has 1 aromatic carbocycles. The molecule has 0 bridgehead atoms. The molecule has 4 nitrogen and oxygen atoms in total. The topological polar surface area (TPSA) is 57.6 Å². The number of carboxylic acids is 1. The number of hydrogen-bond donors (Lipinski definition) is 1. The van der Waals surface area contributed by atoms with Crippen LogP contribution < -0.4 is 0 Å². The second-order valence-electron chi connectivity index (χ2n) is 5.17. The van der Waals surface area contributed by atoms with Gasteiger partial charge in [0, 0.05) is 19.5 Å². The zero-order valence-electron chi connectivity index (χ0n) is 12.2. The zero-order valence-corrected chi connectivity index (χ0v) is 12.2. The Kier molecular flexibility index (Phi) is 6.77. The van der Waals surface area contributed by atoms with E-state index >= 15 is 0 Å². The molecule has 0 heterocycles. The summed E-state index contributed by atoms with van der Waals surface area (Å²) in [5.41, 5.74) is 1.07. The molecule has 0 fully saturated rings. The Balaban J connectivity index is 2.68. The van der Waals surface area contributed by atoms with Crippen molar-refractivity contribution >= 4 is 11.9 Å². The monoisotopic (exact) mass is 277 g/mol. The van der Waals surface area contributed by atoms with E-state index in [-0.39, 0.29) is 18.7 Å². The summed E-state index contributed by atoms with van der Waals surface area (Å²) in [6.07, 6.45) is 0.959. The SMILES string of the molecule is CCC(C)CN(Cc1ccccc1)C(=O)CCC(=O)O. The second-order valence-corrected chi connectivity index (χ2v) is 5.17. The minimum Gasteiger partial charge on any atom is -0.481 e. The third-order valence-corrected chi connectivity index (χ3v) is 3.35. The molecule has 0 saturated carbocycles. The lowest BCUT2D eigenvalue weighted by molar-refractivity contribution is -0.141. The van der Waals surface area contributed by atoms with E-state index in [1.807, 2.05) is 30.3 Å². The summed E-state index contributed by atoms with van der Waals surface area (Å²) in [5, 5.41) is 8.69. The highest BCUT2D eigenvalue weighted by Gasteiger charge is 2.17. The van der Waals surface area contributed by atoms with Crippen molar-refractivity contribution in [2.75, 3.05) is 6.54 Å². The summed E-state index contributed by atoms with van der Waals surface area (Å²) in [6, 6.07) is 9.79. The fraction of sp³-hybridized carbons (Fsp3) is 0.500. The van der Waals surface area contributed by atoms with E-state index in [1.54, 1.807) is 4.90 Å². The van der Waals surface area contributed by atoms with Crippen LogP contribution in [0.3, 0.4) is 0 Å². The zero-order chi connectivity index (χ0) is 15.0. The molecule has 4 heteroatoms. The van der Waals surface area contributed by atoms with Crippen LogP contribution in [0, 0.1) is 5.92 Å². The fourth-order valence-electron chi connectivity index (χ4n) is 1.94. The number of amides is 1. The van der Waals surface area contributed by atoms with E-state index in [2.05, 4.69) is 13.8 Å². The Labute approximate surface area is 120 Å². The van der Waals surface area contributed by atoms with Gasteiger partial charge in [0.1, 0.15) is 0 Å². The van der Waals surface area contributed by atoms with Gasteiger partial charge in [-0.15, -0.1) is 0 Å². The average molecular weight is 277 g/mol. The molecule has 20 heavy (non-hydrogen) atoms. The molecule has 0 aliphatic heterocycles. The number of carbonyl (C=O) groups excluding carboxylic acids is 1. The third-order valence-electron chi connectivity index (χ3n) is 3.35. The number of nitrogens with zero attached hydrogens (tertiary/aromatic N) is 1. The number of benzene rings is 1. The molecular weight excluding hydrogens is 254 g/mol. The van der Waals surface area contributed by atoms with Crippen LogP contribution in [0.1, 0.15) is 38.7 Å². The van der Waals surface area contributed by atoms with Gasteiger partial charge in [-0.2, -0.15) is 0 Å². The summed E-state index contributed by atoms with van der Waals surface area (Å²) >= 11 is 0. The molecule has 1 N–H and O–H groups in total. The van der Waals surface area contributed by atoms with E-state index in [0.717, 1.165) is 12.0 Å². The highest BCUT2D eigenvalue weighted by Crippen LogP contribution is 2.12. The summed E-state index contributed by atoms with van der Waals surface area (Å²) in [4.78, 5) is 24.5. The van der Waals surface area contributed by atoms with Crippen molar-refractivity contribution in [1.82, 2.24) is 4.90 Å². The smallest absolute Gasteiger partial charge is 0.303 e. The molecule has 1 amide bonds. The highest BCUT2D eigenvalue weighted by atomic mass is 16.4. The van der Waals surface area contributed by atoms with E-state index in [4.69, 9.17) is 5.11 Å². The van der Waals surface area contributed by atoms with Gasteiger partial charge in [-0.25, -0.2) is 0 Å². The van der Waals surface area contributed by atoms with Crippen molar-refractivity contribution in [1.29, 1.82) is 0 Å². The highest BCUT2D eigenvalue weighted by molar-refractivity contribution is 5.80. The van der Waals surface area contributed by atoms with Gasteiger partial charge in [0.15, 0.2) is 0 Å². The Morgan fingerprint density at radius 1 is 1.20 bits per heavy atom. The predicted molar refractivity (Wildman–Crippen MR) is 78.2 cm³/mol. The van der Waals surface area contributed by atoms with Gasteiger partial charge in [-0.3, -0.25) is 9.59 Å². The third kappa shape index (κ3) is 5.87. The van der Waals surface area contributed by atoms with Crippen LogP contribution in [0.5, 0.6) is 0 Å². The molecule has 1 aromatic rings. The number of carbonyl (C=O) groups is 2. The predicted octanol–water partition coefficient (Wildman–Crippen LogP) is 2.93. The molecule has 110 valence electrons. The first-order valence-corrected chi connectivity index (χ1v) is 7.06. The van der Waals surface area contributed by atoms with Crippen LogP contribution in [-0.2, 0) is 16.1 Å². The number of rotatable bonds is 8. The van der Waals surface area contributed by atoms with Crippen LogP contribution in [0.2, 0.25) is 0 Å². The number of aliphatic carboxylic acids is 1. The lowest BCUT2D eigenvalue weighted by atomic mass is 10.1. The summed E-state index contributed by atoms with van der Waals surface area (Å²) < 4.78 is 0. The maximum atomic E-state index is 12.2. The first-order valence-electron chi connectivity index (χ1n) is 7.06. The minimum atomic E-state index is -0.929. The summed E-state index contributed by atoms with van der Waals surface area (Å²) in [7, 11) is 0. The van der Waals surface area contributed by atoms with Crippen molar-refractivity contribution < 1.29 is 14.7 Å². The molecule has 1 unspecified atom stereocenters. The van der Waals surface area contributed by atoms with Crippen molar-refractivity contribution in [2.24, 2.45) is 5.92 Å². The second kappa shape index (κ2) is 8.35. The van der Waals surface area contributed by atoms with Gasteiger partial charge in [-0.05, 0) is 11.5 Å². The lowest BCUT2D eigenvalue weighted by Gasteiger charge is -2.25. The number of hydrogen-bond acceptors (Lipinski definition) is 2. The van der Waals surface area contributed by atoms with Crippen LogP contribution in [0.4, 0.5) is 0 Å². The van der Waals surface area contributed by atoms with E-state index in [0.29, 0.717) is 19.0 Å². The maximum absolute atomic E-state index is 12.2. The van der Waals surface area contributed by atoms with E-state index in [1.165, 1.54) is 0 Å². The van der Waals surface area contributed by atoms with Gasteiger partial charge >= 0.3 is 5.97 Å². The molecule has 0 saturated heterocycles. The first-order chi connectivity index (χ1) is 9.52. The molecular formula is C16H23NO3. The Morgan fingerprint density at radius 3 is 2.40 bits per heavy atom. The van der Waals surface area contributed by atoms with Gasteiger partial charge in [-0.1, -0.05) is 50.6 Å². The van der Waals surface area contributed by atoms with Gasteiger partial charge < -0.3 is 10.0 Å². The van der Waals surface area contributed by atoms with E-state index in [9.17, 15) is 9.59 Å². The van der Waals surface area contributed by atoms with E-state index < -0.39 is 5.97 Å². The lowest BCUT2D eigenvalue weighted by Crippen LogP contribution is -2.34. The Hall–Kier alpha value is -1.84. The summed E-state index contributed by atoms with van der Waals surface area (Å²) in [5.74, 6) is -0.606. The molecule has 1 atom stereocenters. The van der Waals surface area contributed by atoms with Crippen LogP contribution in [0.25, 0.3) is 0 Å². The van der Waals surface area contributed by atoms with Crippen LogP contribution in [0.15, 0.2) is 30.3 Å². The minimum absolute atomic E-state index is 0.0681. The van der Waals surface area contributed by atoms with Crippen molar-refractivity contribution in [3.63, 3.8) is 0 Å². The summed E-state index contributed by atoms with van der Waals surface area (Å²) in [6.45, 7) is 5.41. The Bertz CT molecular complexity index is 431. The molecule has 0 radical (unpaired) electrons. The molecule has 0 aliphatic carbocycles.